The number of carboxylic acids is 1. The van der Waals surface area contributed by atoms with E-state index >= 15 is 0 Å². The van der Waals surface area contributed by atoms with Gasteiger partial charge in [-0.05, 0) is 25.2 Å². The molecule has 1 aromatic carbocycles. The lowest BCUT2D eigenvalue weighted by atomic mass is 10.3. The monoisotopic (exact) mass is 248 g/mol. The normalized spacial score (nSPS) is 12.2. The summed E-state index contributed by atoms with van der Waals surface area (Å²) in [6.45, 7) is 0. The van der Waals surface area contributed by atoms with Gasteiger partial charge in [0.1, 0.15) is 0 Å². The Labute approximate surface area is 97.2 Å². The van der Waals surface area contributed by atoms with E-state index in [4.69, 9.17) is 28.3 Å². The van der Waals surface area contributed by atoms with Gasteiger partial charge in [-0.25, -0.2) is 4.79 Å². The average molecular weight is 249 g/mol. The van der Waals surface area contributed by atoms with Gasteiger partial charge in [-0.1, -0.05) is 23.2 Å². The molecule has 0 bridgehead atoms. The number of aliphatic carboxylic acids is 1. The van der Waals surface area contributed by atoms with Crippen molar-refractivity contribution in [3.63, 3.8) is 0 Å². The first-order valence-electron chi connectivity index (χ1n) is 4.16. The van der Waals surface area contributed by atoms with Crippen LogP contribution < -0.4 is 10.6 Å². The maximum Gasteiger partial charge on any atom is 0.341 e. The molecule has 0 aromatic heterocycles. The van der Waals surface area contributed by atoms with Gasteiger partial charge in [0.15, 0.2) is 6.17 Å². The second-order valence-corrected chi connectivity index (χ2v) is 3.67. The topological polar surface area (TPSA) is 61.4 Å². The summed E-state index contributed by atoms with van der Waals surface area (Å²) in [5, 5.41) is 15.0. The minimum absolute atomic E-state index is 0.379. The number of likely N-dealkylation sites (N-methyl/N-ethyl adjacent to an activating group) is 1. The van der Waals surface area contributed by atoms with Crippen molar-refractivity contribution in [2.75, 3.05) is 12.4 Å². The Bertz CT molecular complexity index is 371. The van der Waals surface area contributed by atoms with E-state index in [9.17, 15) is 4.79 Å². The molecule has 0 saturated heterocycles. The fraction of sp³-hybridized carbons (Fsp3) is 0.222. The Morgan fingerprint density at radius 2 is 2.13 bits per heavy atom. The van der Waals surface area contributed by atoms with Gasteiger partial charge in [0.05, 0.1) is 10.7 Å². The van der Waals surface area contributed by atoms with E-state index in [1.165, 1.54) is 7.05 Å². The standard InChI is InChI=1S/C9H10Cl2N2O2/c1-12-8(9(14)15)13-7-3-2-5(10)4-6(7)11/h2-4,8,12-13H,1H3,(H,14,15). The number of rotatable bonds is 4. The van der Waals surface area contributed by atoms with Crippen LogP contribution in [-0.4, -0.2) is 24.3 Å². The van der Waals surface area contributed by atoms with E-state index in [0.717, 1.165) is 0 Å². The third-order valence-electron chi connectivity index (χ3n) is 1.77. The predicted octanol–water partition coefficient (Wildman–Crippen LogP) is 2.04. The number of hydrogen-bond acceptors (Lipinski definition) is 3. The van der Waals surface area contributed by atoms with Crippen LogP contribution in [0.4, 0.5) is 5.69 Å². The van der Waals surface area contributed by atoms with Crippen molar-refractivity contribution in [3.05, 3.63) is 28.2 Å². The quantitative estimate of drug-likeness (QED) is 0.714. The average Bonchev–Trinajstić information content (AvgIpc) is 2.16. The lowest BCUT2D eigenvalue weighted by Gasteiger charge is -2.15. The second kappa shape index (κ2) is 5.21. The Balaban J connectivity index is 2.84. The van der Waals surface area contributed by atoms with Crippen molar-refractivity contribution in [2.45, 2.75) is 6.17 Å². The predicted molar refractivity (Wildman–Crippen MR) is 60.6 cm³/mol. The summed E-state index contributed by atoms with van der Waals surface area (Å²) in [5.41, 5.74) is 0.516. The Morgan fingerprint density at radius 1 is 1.47 bits per heavy atom. The first kappa shape index (κ1) is 12.1. The molecule has 1 aromatic rings. The van der Waals surface area contributed by atoms with Crippen molar-refractivity contribution in [2.24, 2.45) is 0 Å². The largest absolute Gasteiger partial charge is 0.479 e. The molecule has 0 aliphatic rings. The summed E-state index contributed by atoms with van der Waals surface area (Å²) in [6.07, 6.45) is -0.885. The number of benzene rings is 1. The lowest BCUT2D eigenvalue weighted by Crippen LogP contribution is -2.40. The van der Waals surface area contributed by atoms with Crippen LogP contribution in [0.5, 0.6) is 0 Å². The third-order valence-corrected chi connectivity index (χ3v) is 2.31. The molecule has 1 unspecified atom stereocenters. The van der Waals surface area contributed by atoms with Gasteiger partial charge in [0.25, 0.3) is 0 Å². The van der Waals surface area contributed by atoms with Crippen molar-refractivity contribution >= 4 is 34.9 Å². The van der Waals surface area contributed by atoms with E-state index in [2.05, 4.69) is 10.6 Å². The van der Waals surface area contributed by atoms with Crippen molar-refractivity contribution in [3.8, 4) is 0 Å². The molecule has 0 aliphatic carbocycles. The summed E-state index contributed by atoms with van der Waals surface area (Å²) >= 11 is 11.6. The Morgan fingerprint density at radius 3 is 2.60 bits per heavy atom. The maximum absolute atomic E-state index is 10.7. The van der Waals surface area contributed by atoms with Gasteiger partial charge in [-0.15, -0.1) is 0 Å². The molecule has 1 atom stereocenters. The van der Waals surface area contributed by atoms with E-state index < -0.39 is 12.1 Å². The number of nitrogens with one attached hydrogen (secondary N) is 2. The zero-order valence-electron chi connectivity index (χ0n) is 7.92. The molecule has 0 radical (unpaired) electrons. The molecule has 6 heteroatoms. The lowest BCUT2D eigenvalue weighted by molar-refractivity contribution is -0.138. The van der Waals surface area contributed by atoms with Gasteiger partial charge in [-0.3, -0.25) is 5.32 Å². The van der Waals surface area contributed by atoms with Crippen LogP contribution in [0.3, 0.4) is 0 Å². The number of anilines is 1. The molecule has 82 valence electrons. The number of halogens is 2. The molecule has 15 heavy (non-hydrogen) atoms. The molecule has 0 heterocycles. The highest BCUT2D eigenvalue weighted by molar-refractivity contribution is 6.36. The van der Waals surface area contributed by atoms with Crippen LogP contribution in [0.2, 0.25) is 10.0 Å². The molecule has 0 spiro atoms. The van der Waals surface area contributed by atoms with Crippen LogP contribution in [0.1, 0.15) is 0 Å². The molecular weight excluding hydrogens is 239 g/mol. The molecule has 1 rings (SSSR count). The molecule has 3 N–H and O–H groups in total. The van der Waals surface area contributed by atoms with Crippen LogP contribution in [-0.2, 0) is 4.79 Å². The van der Waals surface area contributed by atoms with Crippen molar-refractivity contribution in [1.82, 2.24) is 5.32 Å². The smallest absolute Gasteiger partial charge is 0.341 e. The number of hydrogen-bond donors (Lipinski definition) is 3. The van der Waals surface area contributed by atoms with Gasteiger partial charge >= 0.3 is 5.97 Å². The van der Waals surface area contributed by atoms with Crippen molar-refractivity contribution < 1.29 is 9.90 Å². The summed E-state index contributed by atoms with van der Waals surface area (Å²) in [7, 11) is 1.54. The summed E-state index contributed by atoms with van der Waals surface area (Å²) in [4.78, 5) is 10.7. The molecule has 0 saturated carbocycles. The zero-order valence-corrected chi connectivity index (χ0v) is 9.43. The molecule has 4 nitrogen and oxygen atoms in total. The zero-order chi connectivity index (χ0) is 11.4. The number of carbonyl (C=O) groups is 1. The van der Waals surface area contributed by atoms with Gasteiger partial charge in [0.2, 0.25) is 0 Å². The van der Waals surface area contributed by atoms with E-state index in [1.807, 2.05) is 0 Å². The summed E-state index contributed by atoms with van der Waals surface area (Å²) in [5.74, 6) is -1.01. The second-order valence-electron chi connectivity index (χ2n) is 2.83. The molecule has 0 aliphatic heterocycles. The maximum atomic E-state index is 10.7. The first-order chi connectivity index (χ1) is 7.04. The third kappa shape index (κ3) is 3.27. The SMILES string of the molecule is CNC(Nc1ccc(Cl)cc1Cl)C(=O)O. The Kier molecular flexibility index (Phi) is 4.20. The highest BCUT2D eigenvalue weighted by Gasteiger charge is 2.15. The van der Waals surface area contributed by atoms with Gasteiger partial charge in [-0.2, -0.15) is 0 Å². The van der Waals surface area contributed by atoms with Crippen LogP contribution in [0.25, 0.3) is 0 Å². The van der Waals surface area contributed by atoms with E-state index in [-0.39, 0.29) is 0 Å². The minimum Gasteiger partial charge on any atom is -0.479 e. The van der Waals surface area contributed by atoms with Crippen LogP contribution in [0, 0.1) is 0 Å². The van der Waals surface area contributed by atoms with Crippen molar-refractivity contribution in [1.29, 1.82) is 0 Å². The number of carboxylic acid groups (broad SMARTS) is 1. The Hall–Kier alpha value is -0.970. The van der Waals surface area contributed by atoms with E-state index in [1.54, 1.807) is 18.2 Å². The van der Waals surface area contributed by atoms with Crippen LogP contribution in [0.15, 0.2) is 18.2 Å². The molecule has 0 fully saturated rings. The van der Waals surface area contributed by atoms with Crippen LogP contribution >= 0.6 is 23.2 Å². The fourth-order valence-corrected chi connectivity index (χ4v) is 1.48. The van der Waals surface area contributed by atoms with Gasteiger partial charge < -0.3 is 10.4 Å². The first-order valence-corrected chi connectivity index (χ1v) is 4.92. The highest BCUT2D eigenvalue weighted by Crippen LogP contribution is 2.25. The molecule has 0 amide bonds. The minimum atomic E-state index is -1.01. The summed E-state index contributed by atoms with van der Waals surface area (Å²) < 4.78 is 0. The summed E-state index contributed by atoms with van der Waals surface area (Å²) in [6, 6.07) is 4.79. The van der Waals surface area contributed by atoms with E-state index in [0.29, 0.717) is 15.7 Å². The highest BCUT2D eigenvalue weighted by atomic mass is 35.5. The van der Waals surface area contributed by atoms with Gasteiger partial charge in [0, 0.05) is 5.02 Å². The fourth-order valence-electron chi connectivity index (χ4n) is 1.02. The molecular formula is C9H10Cl2N2O2.